The van der Waals surface area contributed by atoms with Crippen molar-refractivity contribution in [1.29, 1.82) is 0 Å². The van der Waals surface area contributed by atoms with Gasteiger partial charge in [0.15, 0.2) is 11.6 Å². The Labute approximate surface area is 349 Å². The van der Waals surface area contributed by atoms with E-state index in [0.717, 1.165) is 76.3 Å². The third-order valence-corrected chi connectivity index (χ3v) is 11.5. The molecule has 5 aromatic rings. The molecule has 4 atom stereocenters. The van der Waals surface area contributed by atoms with Crippen LogP contribution in [0.4, 0.5) is 23.3 Å². The molecule has 4 fully saturated rings. The second-order valence-corrected chi connectivity index (χ2v) is 15.6. The van der Waals surface area contributed by atoms with Gasteiger partial charge in [-0.15, -0.1) is 21.5 Å². The summed E-state index contributed by atoms with van der Waals surface area (Å²) in [6, 6.07) is 18.2. The molecule has 292 valence electrons. The Bertz CT molecular complexity index is 2240. The normalized spacial score (nSPS) is 21.2. The maximum atomic E-state index is 7.35. The van der Waals surface area contributed by atoms with Crippen LogP contribution in [0.2, 0.25) is 0 Å². The highest BCUT2D eigenvalue weighted by atomic mass is 127. The van der Waals surface area contributed by atoms with Crippen molar-refractivity contribution in [2.45, 2.75) is 71.1 Å². The first-order valence-electron chi connectivity index (χ1n) is 18.9. The predicted molar refractivity (Wildman–Crippen MR) is 233 cm³/mol. The van der Waals surface area contributed by atoms with Gasteiger partial charge >= 0.3 is 11.6 Å². The van der Waals surface area contributed by atoms with Gasteiger partial charge in [0.1, 0.15) is 18.1 Å². The number of hydrogen-bond acceptors (Lipinski definition) is 10. The molecule has 0 bridgehead atoms. The fourth-order valence-corrected chi connectivity index (χ4v) is 8.87. The molecule has 4 aliphatic rings. The van der Waals surface area contributed by atoms with Crippen LogP contribution in [0, 0.1) is 42.9 Å². The summed E-state index contributed by atoms with van der Waals surface area (Å²) in [6.45, 7) is 24.0. The lowest BCUT2D eigenvalue weighted by Crippen LogP contribution is -2.52. The minimum absolute atomic E-state index is 0. The summed E-state index contributed by atoms with van der Waals surface area (Å²) in [5, 5.41) is 8.87. The van der Waals surface area contributed by atoms with Gasteiger partial charge < -0.3 is 19.5 Å². The summed E-state index contributed by atoms with van der Waals surface area (Å²) in [7, 11) is 0. The Hall–Kier alpha value is -5.47. The summed E-state index contributed by atoms with van der Waals surface area (Å²) < 4.78 is 3.18. The maximum absolute atomic E-state index is 7.35. The molecule has 14 heteroatoms. The zero-order valence-corrected chi connectivity index (χ0v) is 33.8. The molecule has 0 radical (unpaired) electrons. The van der Waals surface area contributed by atoms with E-state index in [1.165, 1.54) is 14.7 Å². The Morgan fingerprint density at radius 2 is 1.32 bits per heavy atom. The molecule has 13 nitrogen and oxygen atoms in total. The fraction of sp³-hybridized carbons (Fsp3) is 0.395. The smallest absolute Gasteiger partial charge is 0.312 e. The highest BCUT2D eigenvalue weighted by molar-refractivity contribution is 14.1. The van der Waals surface area contributed by atoms with Crippen molar-refractivity contribution in [2.24, 2.45) is 0 Å². The van der Waals surface area contributed by atoms with Crippen molar-refractivity contribution >= 4 is 45.9 Å². The SMILES string of the molecule is C.Cc1cccc(I)c1.[C-]#[N+]c1nccnc1N1CCN2[C@@H](CC[C@@H]2C#C)C1.[C-]#[N+]c1nccnc1N1CCN2[C@@H](CC[C@@H]2c2cn(-c3cccc(C)c3)nn2)C1. The van der Waals surface area contributed by atoms with Crippen molar-refractivity contribution in [3.63, 3.8) is 0 Å². The Morgan fingerprint density at radius 3 is 1.89 bits per heavy atom. The van der Waals surface area contributed by atoms with Gasteiger partial charge in [0.2, 0.25) is 0 Å². The average molecular weight is 874 g/mol. The molecule has 3 aromatic heterocycles. The summed E-state index contributed by atoms with van der Waals surface area (Å²) in [5.74, 6) is 5.06. The molecule has 4 aliphatic heterocycles. The summed E-state index contributed by atoms with van der Waals surface area (Å²) in [4.78, 5) is 33.3. The number of aryl methyl sites for hydroxylation is 2. The summed E-state index contributed by atoms with van der Waals surface area (Å²) in [6.07, 6.45) is 18.5. The van der Waals surface area contributed by atoms with Gasteiger partial charge in [-0.05, 0) is 92.0 Å². The van der Waals surface area contributed by atoms with E-state index in [1.54, 1.807) is 24.8 Å². The van der Waals surface area contributed by atoms with E-state index in [0.29, 0.717) is 41.4 Å². The van der Waals surface area contributed by atoms with Gasteiger partial charge in [-0.1, -0.05) is 61.5 Å². The van der Waals surface area contributed by atoms with Crippen LogP contribution in [0.1, 0.15) is 56.0 Å². The Kier molecular flexibility index (Phi) is 13.8. The number of piperazine rings is 2. The van der Waals surface area contributed by atoms with E-state index in [1.807, 2.05) is 10.7 Å². The van der Waals surface area contributed by atoms with E-state index in [-0.39, 0.29) is 13.5 Å². The van der Waals surface area contributed by atoms with Crippen molar-refractivity contribution in [3.8, 4) is 18.0 Å². The molecule has 9 rings (SSSR count). The number of aromatic nitrogens is 7. The molecule has 7 heterocycles. The van der Waals surface area contributed by atoms with Crippen LogP contribution in [0.25, 0.3) is 15.4 Å². The standard InChI is InChI=1S/C21H22N8.C14H15N5.C7H7I.CH4/c1-15-4-3-5-16(12-15)29-14-18(25-26-29)19-7-6-17-13-27(10-11-28(17)19)21-20(22-2)23-8-9-24-21;1-3-11-4-5-12-10-18(8-9-19(11)12)14-13(15-2)16-6-7-17-14;1-6-3-2-4-7(8)5-6;/h3-5,8-9,12,14,17,19H,6-7,10-11,13H2,1H3;1,6-7,11-12H,4-5,8-10H2;2-5H,1H3;1H4/t17-,19+;11-,12-;;/m00../s1. The maximum Gasteiger partial charge on any atom is 0.312 e. The second kappa shape index (κ2) is 19.1. The first kappa shape index (κ1) is 41.2. The van der Waals surface area contributed by atoms with E-state index in [9.17, 15) is 0 Å². The first-order valence-corrected chi connectivity index (χ1v) is 20.0. The molecule has 0 saturated carbocycles. The van der Waals surface area contributed by atoms with Gasteiger partial charge in [-0.2, -0.15) is 0 Å². The number of fused-ring (bicyclic) bond motifs is 2. The predicted octanol–water partition coefficient (Wildman–Crippen LogP) is 7.49. The molecule has 0 N–H and O–H groups in total. The third kappa shape index (κ3) is 9.57. The van der Waals surface area contributed by atoms with E-state index in [4.69, 9.17) is 19.6 Å². The third-order valence-electron chi connectivity index (χ3n) is 10.8. The zero-order chi connectivity index (χ0) is 39.0. The molecular weight excluding hydrogens is 825 g/mol. The quantitative estimate of drug-likeness (QED) is 0.103. The lowest BCUT2D eigenvalue weighted by Gasteiger charge is -2.40. The van der Waals surface area contributed by atoms with Crippen LogP contribution < -0.4 is 9.80 Å². The molecule has 0 aliphatic carbocycles. The van der Waals surface area contributed by atoms with Crippen molar-refractivity contribution in [2.75, 3.05) is 49.1 Å². The summed E-state index contributed by atoms with van der Waals surface area (Å²) in [5.41, 5.74) is 4.61. The fourth-order valence-electron chi connectivity index (χ4n) is 8.17. The summed E-state index contributed by atoms with van der Waals surface area (Å²) >= 11 is 2.31. The van der Waals surface area contributed by atoms with Crippen LogP contribution >= 0.6 is 22.6 Å². The topological polar surface area (TPSA) is 104 Å². The van der Waals surface area contributed by atoms with Crippen molar-refractivity contribution < 1.29 is 0 Å². The minimum atomic E-state index is 0. The van der Waals surface area contributed by atoms with Gasteiger partial charge in [-0.25, -0.2) is 14.6 Å². The number of halogens is 1. The number of hydrogen-bond donors (Lipinski definition) is 0. The minimum Gasteiger partial charge on any atom is -0.361 e. The molecule has 57 heavy (non-hydrogen) atoms. The molecule has 0 spiro atoms. The molecule has 4 saturated heterocycles. The van der Waals surface area contributed by atoms with E-state index >= 15 is 0 Å². The van der Waals surface area contributed by atoms with Crippen LogP contribution in [0.3, 0.4) is 0 Å². The average Bonchev–Trinajstić information content (AvgIpc) is 3.99. The van der Waals surface area contributed by atoms with E-state index < -0.39 is 0 Å². The number of nitrogens with zero attached hydrogens (tertiary/aromatic N) is 13. The Balaban J connectivity index is 0.000000168. The van der Waals surface area contributed by atoms with Crippen LogP contribution in [0.5, 0.6) is 0 Å². The van der Waals surface area contributed by atoms with Gasteiger partial charge in [0, 0.05) is 54.9 Å². The lowest BCUT2D eigenvalue weighted by molar-refractivity contribution is 0.173. The molecule has 0 unspecified atom stereocenters. The largest absolute Gasteiger partial charge is 0.361 e. The highest BCUT2D eigenvalue weighted by Gasteiger charge is 2.40. The number of benzene rings is 2. The molecule has 0 amide bonds. The van der Waals surface area contributed by atoms with Crippen molar-refractivity contribution in [1.82, 2.24) is 44.7 Å². The van der Waals surface area contributed by atoms with Gasteiger partial charge in [0.25, 0.3) is 0 Å². The molecular formula is C43H48IN13. The van der Waals surface area contributed by atoms with Crippen molar-refractivity contribution in [3.05, 3.63) is 123 Å². The number of rotatable bonds is 4. The first-order chi connectivity index (χ1) is 27.3. The van der Waals surface area contributed by atoms with Crippen LogP contribution in [0.15, 0.2) is 79.5 Å². The van der Waals surface area contributed by atoms with E-state index in [2.05, 4.69) is 151 Å². The van der Waals surface area contributed by atoms with Crippen LogP contribution in [-0.2, 0) is 0 Å². The van der Waals surface area contributed by atoms with Gasteiger partial charge in [0.05, 0.1) is 36.4 Å². The number of anilines is 2. The van der Waals surface area contributed by atoms with Gasteiger partial charge in [-0.3, -0.25) is 9.80 Å². The Morgan fingerprint density at radius 1 is 0.737 bits per heavy atom. The highest BCUT2D eigenvalue weighted by Crippen LogP contribution is 2.39. The second-order valence-electron chi connectivity index (χ2n) is 14.4. The molecule has 2 aromatic carbocycles. The zero-order valence-electron chi connectivity index (χ0n) is 31.7. The van der Waals surface area contributed by atoms with Crippen LogP contribution in [-0.4, -0.2) is 102 Å². The number of terminal acetylenes is 1. The lowest BCUT2D eigenvalue weighted by atomic mass is 10.1. The monoisotopic (exact) mass is 873 g/mol.